The predicted molar refractivity (Wildman–Crippen MR) is 180 cm³/mol. The number of aromatic nitrogens is 3. The van der Waals surface area contributed by atoms with Crippen LogP contribution in [0.4, 0.5) is 28.7 Å². The number of nitrogens with one attached hydrogen (secondary N) is 3. The second kappa shape index (κ2) is 13.1. The molecule has 0 aliphatic heterocycles. The Labute approximate surface area is 256 Å². The molecule has 5 aromatic rings. The molecule has 0 atom stereocenters. The van der Waals surface area contributed by atoms with Gasteiger partial charge in [-0.05, 0) is 85.3 Å². The van der Waals surface area contributed by atoms with Crippen LogP contribution < -0.4 is 16.0 Å². The van der Waals surface area contributed by atoms with Gasteiger partial charge in [-0.2, -0.15) is 9.97 Å². The molecule has 4 aromatic carbocycles. The van der Waals surface area contributed by atoms with Crippen molar-refractivity contribution in [3.8, 4) is 0 Å². The number of anilines is 5. The van der Waals surface area contributed by atoms with Gasteiger partial charge in [0.1, 0.15) is 11.6 Å². The highest BCUT2D eigenvalue weighted by atomic mass is 15.2. The Kier molecular flexibility index (Phi) is 9.05. The van der Waals surface area contributed by atoms with Gasteiger partial charge in [-0.1, -0.05) is 81.4 Å². The van der Waals surface area contributed by atoms with E-state index in [0.717, 1.165) is 51.9 Å². The fraction of sp³-hybridized carbons (Fsp3) is 0.270. The summed E-state index contributed by atoms with van der Waals surface area (Å²) in [7, 11) is 0. The van der Waals surface area contributed by atoms with E-state index in [-0.39, 0.29) is 11.0 Å². The Morgan fingerprint density at radius 2 is 0.884 bits per heavy atom. The maximum absolute atomic E-state index is 4.92. The van der Waals surface area contributed by atoms with E-state index in [1.165, 1.54) is 0 Å². The summed E-state index contributed by atoms with van der Waals surface area (Å²) in [4.78, 5) is 14.7. The maximum Gasteiger partial charge on any atom is 0.226 e. The number of hydrogen-bond acceptors (Lipinski definition) is 6. The standard InChI is InChI=1S/C37H42N6/c1-36(2,3)26-37(4,5)43-35-41-33(24-27-16-20-31(21-17-27)38-29-12-8-6-9-13-29)40-34(42-35)25-28-18-22-32(23-19-28)39-30-14-10-7-11-15-30/h6-23,38-39H,24-26H2,1-5H3,(H,40,41,42,43). The summed E-state index contributed by atoms with van der Waals surface area (Å²) in [5.74, 6) is 2.13. The van der Waals surface area contributed by atoms with Gasteiger partial charge in [0.2, 0.25) is 5.95 Å². The van der Waals surface area contributed by atoms with E-state index in [0.29, 0.717) is 18.8 Å². The number of nitrogens with zero attached hydrogens (tertiary/aromatic N) is 3. The first-order valence-electron chi connectivity index (χ1n) is 14.9. The zero-order chi connectivity index (χ0) is 30.3. The van der Waals surface area contributed by atoms with Crippen LogP contribution in [0.1, 0.15) is 63.8 Å². The lowest BCUT2D eigenvalue weighted by Gasteiger charge is -2.33. The van der Waals surface area contributed by atoms with Crippen LogP contribution in [0.3, 0.4) is 0 Å². The predicted octanol–water partition coefficient (Wildman–Crippen LogP) is 9.17. The average molecular weight is 571 g/mol. The molecule has 43 heavy (non-hydrogen) atoms. The molecule has 0 saturated heterocycles. The fourth-order valence-corrected chi connectivity index (χ4v) is 5.51. The molecule has 0 unspecified atom stereocenters. The maximum atomic E-state index is 4.92. The van der Waals surface area contributed by atoms with E-state index in [9.17, 15) is 0 Å². The minimum absolute atomic E-state index is 0.167. The van der Waals surface area contributed by atoms with Crippen LogP contribution in [0.15, 0.2) is 109 Å². The van der Waals surface area contributed by atoms with E-state index in [4.69, 9.17) is 15.0 Å². The van der Waals surface area contributed by atoms with Crippen LogP contribution in [-0.2, 0) is 12.8 Å². The fourth-order valence-electron chi connectivity index (χ4n) is 5.51. The Bertz CT molecular complexity index is 1480. The first kappa shape index (κ1) is 29.8. The molecule has 220 valence electrons. The van der Waals surface area contributed by atoms with Crippen molar-refractivity contribution < 1.29 is 0 Å². The largest absolute Gasteiger partial charge is 0.356 e. The van der Waals surface area contributed by atoms with E-state index in [1.807, 2.05) is 36.4 Å². The molecule has 0 amide bonds. The van der Waals surface area contributed by atoms with Gasteiger partial charge >= 0.3 is 0 Å². The van der Waals surface area contributed by atoms with Crippen molar-refractivity contribution in [1.29, 1.82) is 0 Å². The van der Waals surface area contributed by atoms with Crippen LogP contribution in [0.2, 0.25) is 0 Å². The lowest BCUT2D eigenvalue weighted by atomic mass is 9.82. The third-order valence-electron chi connectivity index (χ3n) is 6.91. The summed E-state index contributed by atoms with van der Waals surface area (Å²) in [6.07, 6.45) is 2.22. The first-order valence-corrected chi connectivity index (χ1v) is 14.9. The zero-order valence-corrected chi connectivity index (χ0v) is 25.9. The van der Waals surface area contributed by atoms with Crippen molar-refractivity contribution in [1.82, 2.24) is 15.0 Å². The van der Waals surface area contributed by atoms with Gasteiger partial charge in [0.15, 0.2) is 0 Å². The molecule has 0 fully saturated rings. The van der Waals surface area contributed by atoms with Gasteiger partial charge in [0.05, 0.1) is 0 Å². The van der Waals surface area contributed by atoms with E-state index >= 15 is 0 Å². The Hall–Kier alpha value is -4.71. The van der Waals surface area contributed by atoms with Crippen molar-refractivity contribution in [3.63, 3.8) is 0 Å². The smallest absolute Gasteiger partial charge is 0.226 e. The highest BCUT2D eigenvalue weighted by Gasteiger charge is 2.26. The molecule has 6 nitrogen and oxygen atoms in total. The van der Waals surface area contributed by atoms with Gasteiger partial charge in [0.25, 0.3) is 0 Å². The lowest BCUT2D eigenvalue weighted by molar-refractivity contribution is 0.301. The summed E-state index contributed by atoms with van der Waals surface area (Å²) in [6, 6.07) is 37.3. The molecule has 6 heteroatoms. The van der Waals surface area contributed by atoms with Crippen LogP contribution >= 0.6 is 0 Å². The normalized spacial score (nSPS) is 11.7. The minimum atomic E-state index is -0.177. The molecule has 5 rings (SSSR count). The van der Waals surface area contributed by atoms with E-state index in [2.05, 4.69) is 123 Å². The molecule has 0 saturated carbocycles. The average Bonchev–Trinajstić information content (AvgIpc) is 2.95. The monoisotopic (exact) mass is 570 g/mol. The van der Waals surface area contributed by atoms with Crippen LogP contribution in [0.25, 0.3) is 0 Å². The van der Waals surface area contributed by atoms with Gasteiger partial charge in [-0.15, -0.1) is 0 Å². The summed E-state index contributed by atoms with van der Waals surface area (Å²) in [6.45, 7) is 11.2. The van der Waals surface area contributed by atoms with Crippen molar-refractivity contribution in [2.75, 3.05) is 16.0 Å². The Morgan fingerprint density at radius 3 is 1.28 bits per heavy atom. The number of hydrogen-bond donors (Lipinski definition) is 3. The van der Waals surface area contributed by atoms with Crippen molar-refractivity contribution >= 4 is 28.7 Å². The van der Waals surface area contributed by atoms with Crippen LogP contribution in [0, 0.1) is 5.41 Å². The molecule has 0 aliphatic carbocycles. The molecule has 0 radical (unpaired) electrons. The molecule has 0 bridgehead atoms. The van der Waals surface area contributed by atoms with Gasteiger partial charge in [-0.25, -0.2) is 4.98 Å². The SMILES string of the molecule is CC(C)(C)CC(C)(C)Nc1nc(Cc2ccc(Nc3ccccc3)cc2)nc(Cc2ccc(Nc3ccccc3)cc2)n1. The highest BCUT2D eigenvalue weighted by Crippen LogP contribution is 2.29. The first-order chi connectivity index (χ1) is 20.6. The van der Waals surface area contributed by atoms with Crippen LogP contribution in [-0.4, -0.2) is 20.5 Å². The third-order valence-corrected chi connectivity index (χ3v) is 6.91. The summed E-state index contributed by atoms with van der Waals surface area (Å²) < 4.78 is 0. The molecule has 0 aliphatic rings. The van der Waals surface area contributed by atoms with Crippen molar-refractivity contribution in [2.45, 2.75) is 59.4 Å². The number of benzene rings is 4. The third kappa shape index (κ3) is 9.40. The molecule has 1 heterocycles. The lowest BCUT2D eigenvalue weighted by Crippen LogP contribution is -2.36. The molecule has 0 spiro atoms. The summed E-state index contributed by atoms with van der Waals surface area (Å²) in [5.41, 5.74) is 6.50. The minimum Gasteiger partial charge on any atom is -0.356 e. The quantitative estimate of drug-likeness (QED) is 0.147. The van der Waals surface area contributed by atoms with Crippen molar-refractivity contribution in [2.24, 2.45) is 5.41 Å². The summed E-state index contributed by atoms with van der Waals surface area (Å²) in [5, 5.41) is 10.5. The molecule has 1 aromatic heterocycles. The van der Waals surface area contributed by atoms with Crippen LogP contribution in [0.5, 0.6) is 0 Å². The summed E-state index contributed by atoms with van der Waals surface area (Å²) >= 11 is 0. The Balaban J connectivity index is 1.34. The number of rotatable bonds is 11. The Morgan fingerprint density at radius 1 is 0.488 bits per heavy atom. The molecule has 3 N–H and O–H groups in total. The molecular weight excluding hydrogens is 528 g/mol. The topological polar surface area (TPSA) is 74.8 Å². The van der Waals surface area contributed by atoms with Gasteiger partial charge in [-0.3, -0.25) is 0 Å². The molecular formula is C37H42N6. The number of para-hydroxylation sites is 2. The van der Waals surface area contributed by atoms with E-state index in [1.54, 1.807) is 0 Å². The van der Waals surface area contributed by atoms with E-state index < -0.39 is 0 Å². The highest BCUT2D eigenvalue weighted by molar-refractivity contribution is 5.60. The van der Waals surface area contributed by atoms with Crippen molar-refractivity contribution in [3.05, 3.63) is 132 Å². The zero-order valence-electron chi connectivity index (χ0n) is 25.9. The second-order valence-corrected chi connectivity index (χ2v) is 13.0. The van der Waals surface area contributed by atoms with Gasteiger partial charge in [0, 0.05) is 41.1 Å². The second-order valence-electron chi connectivity index (χ2n) is 13.0. The van der Waals surface area contributed by atoms with Gasteiger partial charge < -0.3 is 16.0 Å².